The normalized spacial score (nSPS) is 9.96. The maximum absolute atomic E-state index is 11.7. The summed E-state index contributed by atoms with van der Waals surface area (Å²) >= 11 is 15.0. The van der Waals surface area contributed by atoms with Crippen molar-refractivity contribution in [2.75, 3.05) is 11.9 Å². The Morgan fingerprint density at radius 2 is 1.88 bits per heavy atom. The molecule has 2 aromatic carbocycles. The summed E-state index contributed by atoms with van der Waals surface area (Å²) in [7, 11) is 0. The van der Waals surface area contributed by atoms with Crippen LogP contribution in [0.4, 0.5) is 10.5 Å². The number of hydrogen-bond donors (Lipinski definition) is 3. The van der Waals surface area contributed by atoms with E-state index in [1.54, 1.807) is 42.5 Å². The lowest BCUT2D eigenvalue weighted by Crippen LogP contribution is -2.45. The predicted molar refractivity (Wildman–Crippen MR) is 96.4 cm³/mol. The molecule has 0 radical (unpaired) electrons. The Hall–Kier alpha value is -1.96. The number of rotatable bonds is 4. The molecule has 0 aliphatic heterocycles. The van der Waals surface area contributed by atoms with Crippen molar-refractivity contribution in [2.45, 2.75) is 0 Å². The third-order valence-electron chi connectivity index (χ3n) is 2.65. The second-order valence-electron chi connectivity index (χ2n) is 4.50. The van der Waals surface area contributed by atoms with Crippen molar-refractivity contribution in [2.24, 2.45) is 0 Å². The molecule has 3 amide bonds. The van der Waals surface area contributed by atoms with Crippen LogP contribution in [0.25, 0.3) is 0 Å². The molecule has 24 heavy (non-hydrogen) atoms. The van der Waals surface area contributed by atoms with Crippen LogP contribution in [0.3, 0.4) is 0 Å². The molecule has 2 aromatic rings. The van der Waals surface area contributed by atoms with Gasteiger partial charge in [-0.3, -0.25) is 10.2 Å². The zero-order chi connectivity index (χ0) is 17.5. The quantitative estimate of drug-likeness (QED) is 0.639. The smallest absolute Gasteiger partial charge is 0.337 e. The molecule has 0 atom stereocenters. The molecule has 9 heteroatoms. The van der Waals surface area contributed by atoms with Crippen molar-refractivity contribution in [1.82, 2.24) is 10.9 Å². The van der Waals surface area contributed by atoms with Gasteiger partial charge in [0.05, 0.1) is 5.02 Å². The highest BCUT2D eigenvalue weighted by Crippen LogP contribution is 2.27. The standard InChI is InChI=1S/C15H12BrCl2N3O3/c16-9-4-5-13(12(18)6-9)24-8-14(22)20-21-15(23)19-11-3-1-2-10(17)7-11/h1-7H,8H2,(H,20,22)(H2,19,21,23). The van der Waals surface area contributed by atoms with Gasteiger partial charge in [-0.2, -0.15) is 0 Å². The minimum absolute atomic E-state index is 0.307. The molecule has 6 nitrogen and oxygen atoms in total. The Labute approximate surface area is 156 Å². The van der Waals surface area contributed by atoms with Crippen LogP contribution in [0.2, 0.25) is 10.0 Å². The molecule has 3 N–H and O–H groups in total. The SMILES string of the molecule is O=C(COc1ccc(Br)cc1Cl)NNC(=O)Nc1cccc(Cl)c1. The molecule has 0 unspecified atom stereocenters. The van der Waals surface area contributed by atoms with Gasteiger partial charge in [0.2, 0.25) is 0 Å². The van der Waals surface area contributed by atoms with Crippen molar-refractivity contribution in [1.29, 1.82) is 0 Å². The molecule has 126 valence electrons. The molecule has 0 aliphatic rings. The van der Waals surface area contributed by atoms with Gasteiger partial charge in [-0.25, -0.2) is 10.2 Å². The van der Waals surface area contributed by atoms with Crippen molar-refractivity contribution in [3.05, 3.63) is 57.0 Å². The van der Waals surface area contributed by atoms with E-state index in [1.165, 1.54) is 0 Å². The number of benzene rings is 2. The van der Waals surface area contributed by atoms with E-state index < -0.39 is 11.9 Å². The summed E-state index contributed by atoms with van der Waals surface area (Å²) in [5.41, 5.74) is 4.90. The van der Waals surface area contributed by atoms with Crippen LogP contribution in [0.15, 0.2) is 46.9 Å². The molecule has 0 aromatic heterocycles. The highest BCUT2D eigenvalue weighted by atomic mass is 79.9. The zero-order valence-corrected chi connectivity index (χ0v) is 15.2. The summed E-state index contributed by atoms with van der Waals surface area (Å²) in [6.45, 7) is -0.307. The van der Waals surface area contributed by atoms with E-state index in [-0.39, 0.29) is 6.61 Å². The summed E-state index contributed by atoms with van der Waals surface area (Å²) in [6.07, 6.45) is 0. The van der Waals surface area contributed by atoms with Crippen LogP contribution >= 0.6 is 39.1 Å². The van der Waals surface area contributed by atoms with Crippen molar-refractivity contribution in [3.63, 3.8) is 0 Å². The van der Waals surface area contributed by atoms with Gasteiger partial charge >= 0.3 is 6.03 Å². The molecule has 2 rings (SSSR count). The fourth-order valence-corrected chi connectivity index (χ4v) is 2.54. The lowest BCUT2D eigenvalue weighted by atomic mass is 10.3. The van der Waals surface area contributed by atoms with Gasteiger partial charge in [0.15, 0.2) is 6.61 Å². The number of carbonyl (C=O) groups excluding carboxylic acids is 2. The molecule has 0 heterocycles. The van der Waals surface area contributed by atoms with E-state index in [9.17, 15) is 9.59 Å². The molecule has 0 aliphatic carbocycles. The first-order valence-electron chi connectivity index (χ1n) is 6.63. The molecule has 0 fully saturated rings. The number of hydrazine groups is 1. The van der Waals surface area contributed by atoms with Crippen LogP contribution < -0.4 is 20.9 Å². The van der Waals surface area contributed by atoms with Crippen molar-refractivity contribution in [3.8, 4) is 5.75 Å². The van der Waals surface area contributed by atoms with Crippen LogP contribution in [-0.4, -0.2) is 18.5 Å². The van der Waals surface area contributed by atoms with Crippen LogP contribution in [0.5, 0.6) is 5.75 Å². The van der Waals surface area contributed by atoms with Gasteiger partial charge in [-0.15, -0.1) is 0 Å². The minimum Gasteiger partial charge on any atom is -0.482 e. The summed E-state index contributed by atoms with van der Waals surface area (Å²) in [4.78, 5) is 23.3. The maximum atomic E-state index is 11.7. The van der Waals surface area contributed by atoms with E-state index in [2.05, 4.69) is 32.1 Å². The first-order valence-corrected chi connectivity index (χ1v) is 8.18. The first-order chi connectivity index (χ1) is 11.4. The molecule has 0 saturated heterocycles. The molecular weight excluding hydrogens is 421 g/mol. The number of hydrogen-bond acceptors (Lipinski definition) is 3. The van der Waals surface area contributed by atoms with E-state index in [0.29, 0.717) is 21.5 Å². The lowest BCUT2D eigenvalue weighted by molar-refractivity contribution is -0.123. The Kier molecular flexibility index (Phi) is 6.72. The van der Waals surface area contributed by atoms with Crippen molar-refractivity contribution >= 4 is 56.8 Å². The second kappa shape index (κ2) is 8.77. The fraction of sp³-hybridized carbons (Fsp3) is 0.0667. The number of halogens is 3. The number of ether oxygens (including phenoxy) is 1. The monoisotopic (exact) mass is 431 g/mol. The van der Waals surface area contributed by atoms with Crippen molar-refractivity contribution < 1.29 is 14.3 Å². The number of amides is 3. The fourth-order valence-electron chi connectivity index (χ4n) is 1.63. The van der Waals surface area contributed by atoms with Gasteiger partial charge in [0.25, 0.3) is 5.91 Å². The number of urea groups is 1. The number of carbonyl (C=O) groups is 2. The van der Waals surface area contributed by atoms with Gasteiger partial charge < -0.3 is 10.1 Å². The summed E-state index contributed by atoms with van der Waals surface area (Å²) < 4.78 is 6.06. The highest BCUT2D eigenvalue weighted by Gasteiger charge is 2.08. The molecule has 0 spiro atoms. The molecule has 0 bridgehead atoms. The number of anilines is 1. The van der Waals surface area contributed by atoms with E-state index >= 15 is 0 Å². The van der Waals surface area contributed by atoms with Gasteiger partial charge in [-0.1, -0.05) is 45.2 Å². The molecular formula is C15H12BrCl2N3O3. The topological polar surface area (TPSA) is 79.5 Å². The summed E-state index contributed by atoms with van der Waals surface area (Å²) in [6, 6.07) is 11.0. The van der Waals surface area contributed by atoms with Crippen LogP contribution in [0.1, 0.15) is 0 Å². The molecule has 0 saturated carbocycles. The zero-order valence-electron chi connectivity index (χ0n) is 12.1. The first kappa shape index (κ1) is 18.4. The van der Waals surface area contributed by atoms with E-state index in [0.717, 1.165) is 4.47 Å². The summed E-state index contributed by atoms with van der Waals surface area (Å²) in [5.74, 6) is -0.186. The minimum atomic E-state index is -0.618. The Balaban J connectivity index is 1.75. The lowest BCUT2D eigenvalue weighted by Gasteiger charge is -2.11. The van der Waals surface area contributed by atoms with E-state index in [1.807, 2.05) is 0 Å². The second-order valence-corrected chi connectivity index (χ2v) is 6.26. The average molecular weight is 433 g/mol. The van der Waals surface area contributed by atoms with Gasteiger partial charge in [-0.05, 0) is 36.4 Å². The highest BCUT2D eigenvalue weighted by molar-refractivity contribution is 9.10. The largest absolute Gasteiger partial charge is 0.482 e. The maximum Gasteiger partial charge on any atom is 0.337 e. The van der Waals surface area contributed by atoms with Crippen LogP contribution in [-0.2, 0) is 4.79 Å². The van der Waals surface area contributed by atoms with Gasteiger partial charge in [0, 0.05) is 15.2 Å². The third-order valence-corrected chi connectivity index (χ3v) is 3.67. The Morgan fingerprint density at radius 3 is 2.58 bits per heavy atom. The average Bonchev–Trinajstić information content (AvgIpc) is 2.52. The Morgan fingerprint density at radius 1 is 1.08 bits per heavy atom. The van der Waals surface area contributed by atoms with Gasteiger partial charge in [0.1, 0.15) is 5.75 Å². The predicted octanol–water partition coefficient (Wildman–Crippen LogP) is 3.99. The van der Waals surface area contributed by atoms with Crippen LogP contribution in [0, 0.1) is 0 Å². The summed E-state index contributed by atoms with van der Waals surface area (Å²) in [5, 5.41) is 3.36. The Bertz CT molecular complexity index is 758. The third kappa shape index (κ3) is 5.92. The number of nitrogens with one attached hydrogen (secondary N) is 3. The van der Waals surface area contributed by atoms with E-state index in [4.69, 9.17) is 27.9 Å².